The van der Waals surface area contributed by atoms with Crippen LogP contribution in [0.1, 0.15) is 31.1 Å². The Morgan fingerprint density at radius 3 is 2.24 bits per heavy atom. The molecule has 0 atom stereocenters. The molecule has 112 valence electrons. The minimum atomic E-state index is -0.640. The van der Waals surface area contributed by atoms with E-state index in [0.717, 1.165) is 4.57 Å². The summed E-state index contributed by atoms with van der Waals surface area (Å²) in [5.41, 5.74) is 5.24. The molecular weight excluding hydrogens is 274 g/mol. The van der Waals surface area contributed by atoms with E-state index in [0.29, 0.717) is 0 Å². The molecule has 0 saturated heterocycles. The third-order valence-electron chi connectivity index (χ3n) is 2.60. The van der Waals surface area contributed by atoms with E-state index in [-0.39, 0.29) is 29.0 Å². The van der Waals surface area contributed by atoms with Crippen LogP contribution >= 0.6 is 0 Å². The van der Waals surface area contributed by atoms with Gasteiger partial charge in [0.25, 0.3) is 0 Å². The number of aromatic nitrogens is 2. The summed E-state index contributed by atoms with van der Waals surface area (Å²) in [5.74, 6) is -0.817. The lowest BCUT2D eigenvalue weighted by Gasteiger charge is -2.20. The lowest BCUT2D eigenvalue weighted by molar-refractivity contribution is 0.00705. The quantitative estimate of drug-likeness (QED) is 0.728. The molecule has 2 aromatic rings. The number of nitrogens with two attached hydrogens (primary N) is 1. The van der Waals surface area contributed by atoms with Crippen LogP contribution < -0.4 is 5.73 Å². The summed E-state index contributed by atoms with van der Waals surface area (Å²) >= 11 is 0. The maximum absolute atomic E-state index is 12.0. The third-order valence-corrected chi connectivity index (χ3v) is 2.60. The molecule has 2 heterocycles. The summed E-state index contributed by atoms with van der Waals surface area (Å²) in [6, 6.07) is 5.52. The van der Waals surface area contributed by atoms with Crippen molar-refractivity contribution < 1.29 is 19.7 Å². The van der Waals surface area contributed by atoms with Gasteiger partial charge in [0, 0.05) is 12.1 Å². The van der Waals surface area contributed by atoms with Gasteiger partial charge in [-0.15, -0.1) is 0 Å². The molecule has 0 bridgehead atoms. The molecule has 0 saturated carbocycles. The molecule has 2 rings (SSSR count). The summed E-state index contributed by atoms with van der Waals surface area (Å²) in [7, 11) is 0. The summed E-state index contributed by atoms with van der Waals surface area (Å²) in [4.78, 5) is 16.0. The molecule has 7 nitrogen and oxygen atoms in total. The summed E-state index contributed by atoms with van der Waals surface area (Å²) in [6.45, 7) is 5.25. The molecule has 0 radical (unpaired) electrons. The number of aromatic hydroxyl groups is 2. The molecule has 0 spiro atoms. The van der Waals surface area contributed by atoms with Crippen molar-refractivity contribution in [2.45, 2.75) is 26.4 Å². The van der Waals surface area contributed by atoms with Crippen LogP contribution in [-0.2, 0) is 4.74 Å². The lowest BCUT2D eigenvalue weighted by Crippen LogP contribution is -2.24. The molecular formula is C14H17N3O4. The highest BCUT2D eigenvalue weighted by Gasteiger charge is 2.21. The smallest absolute Gasteiger partial charge is 0.342 e. The number of esters is 1. The van der Waals surface area contributed by atoms with E-state index in [1.54, 1.807) is 20.8 Å². The van der Waals surface area contributed by atoms with Crippen molar-refractivity contribution in [3.63, 3.8) is 0 Å². The number of carbonyl (C=O) groups excluding carboxylic acids is 1. The second-order valence-corrected chi connectivity index (χ2v) is 5.49. The number of nitrogen functional groups attached to an aromatic ring is 1. The maximum atomic E-state index is 12.0. The molecule has 0 aliphatic carbocycles. The zero-order valence-electron chi connectivity index (χ0n) is 12.0. The average Bonchev–Trinajstić information content (AvgIpc) is 2.66. The second-order valence-electron chi connectivity index (χ2n) is 5.49. The average molecular weight is 291 g/mol. The Morgan fingerprint density at radius 1 is 1.19 bits per heavy atom. The third kappa shape index (κ3) is 3.07. The van der Waals surface area contributed by atoms with Gasteiger partial charge < -0.3 is 20.7 Å². The number of ether oxygens (including phenoxy) is 1. The Morgan fingerprint density at radius 2 is 1.76 bits per heavy atom. The van der Waals surface area contributed by atoms with Crippen LogP contribution in [0.2, 0.25) is 0 Å². The van der Waals surface area contributed by atoms with Crippen LogP contribution in [0.4, 0.5) is 5.82 Å². The van der Waals surface area contributed by atoms with Gasteiger partial charge in [-0.1, -0.05) is 0 Å². The van der Waals surface area contributed by atoms with Gasteiger partial charge in [0.2, 0.25) is 0 Å². The first-order valence-corrected chi connectivity index (χ1v) is 6.29. The minimum Gasteiger partial charge on any atom is -0.494 e. The van der Waals surface area contributed by atoms with E-state index in [4.69, 9.17) is 10.5 Å². The fraction of sp³-hybridized carbons (Fsp3) is 0.286. The predicted octanol–water partition coefficient (Wildman–Crippen LogP) is 1.82. The van der Waals surface area contributed by atoms with Crippen molar-refractivity contribution in [3.8, 4) is 17.6 Å². The number of pyridine rings is 1. The van der Waals surface area contributed by atoms with Crippen LogP contribution in [0.5, 0.6) is 11.8 Å². The Labute approximate surface area is 121 Å². The molecule has 0 fully saturated rings. The van der Waals surface area contributed by atoms with E-state index in [1.807, 2.05) is 0 Å². The van der Waals surface area contributed by atoms with Crippen LogP contribution in [0.3, 0.4) is 0 Å². The SMILES string of the molecule is CC(C)(C)OC(=O)c1ccc(-n2c(O)ccc2O)nc1N. The zero-order valence-corrected chi connectivity index (χ0v) is 12.0. The lowest BCUT2D eigenvalue weighted by atomic mass is 10.2. The van der Waals surface area contributed by atoms with Crippen molar-refractivity contribution in [1.82, 2.24) is 9.55 Å². The van der Waals surface area contributed by atoms with Gasteiger partial charge in [-0.3, -0.25) is 0 Å². The topological polar surface area (TPSA) is 111 Å². The Kier molecular flexibility index (Phi) is 3.51. The molecule has 4 N–H and O–H groups in total. The fourth-order valence-electron chi connectivity index (χ4n) is 1.74. The van der Waals surface area contributed by atoms with Gasteiger partial charge in [-0.25, -0.2) is 14.3 Å². The molecule has 7 heteroatoms. The van der Waals surface area contributed by atoms with Crippen LogP contribution in [-0.4, -0.2) is 31.3 Å². The Balaban J connectivity index is 2.37. The molecule has 21 heavy (non-hydrogen) atoms. The van der Waals surface area contributed by atoms with E-state index in [1.165, 1.54) is 24.3 Å². The highest BCUT2D eigenvalue weighted by molar-refractivity contribution is 5.94. The largest absolute Gasteiger partial charge is 0.494 e. The second kappa shape index (κ2) is 5.01. The van der Waals surface area contributed by atoms with Gasteiger partial charge in [0.05, 0.1) is 0 Å². The summed E-state index contributed by atoms with van der Waals surface area (Å²) in [6.07, 6.45) is 0. The first-order valence-electron chi connectivity index (χ1n) is 6.29. The van der Waals surface area contributed by atoms with Crippen molar-refractivity contribution in [2.24, 2.45) is 0 Å². The van der Waals surface area contributed by atoms with Crippen molar-refractivity contribution in [3.05, 3.63) is 29.8 Å². The van der Waals surface area contributed by atoms with Crippen molar-refractivity contribution in [2.75, 3.05) is 5.73 Å². The van der Waals surface area contributed by atoms with Gasteiger partial charge >= 0.3 is 5.97 Å². The summed E-state index contributed by atoms with van der Waals surface area (Å²) in [5, 5.41) is 19.3. The minimum absolute atomic E-state index is 0.0470. The van der Waals surface area contributed by atoms with Crippen LogP contribution in [0.15, 0.2) is 24.3 Å². The zero-order chi connectivity index (χ0) is 15.8. The number of rotatable bonds is 2. The maximum Gasteiger partial charge on any atom is 0.342 e. The number of nitrogens with zero attached hydrogens (tertiary/aromatic N) is 2. The summed E-state index contributed by atoms with van der Waals surface area (Å²) < 4.78 is 6.31. The van der Waals surface area contributed by atoms with Crippen molar-refractivity contribution in [1.29, 1.82) is 0 Å². The number of hydrogen-bond acceptors (Lipinski definition) is 6. The number of hydrogen-bond donors (Lipinski definition) is 3. The van der Waals surface area contributed by atoms with E-state index < -0.39 is 11.6 Å². The molecule has 0 amide bonds. The predicted molar refractivity (Wildman–Crippen MR) is 76.5 cm³/mol. The first kappa shape index (κ1) is 14.7. The molecule has 0 aliphatic rings. The van der Waals surface area contributed by atoms with E-state index in [9.17, 15) is 15.0 Å². The Hall–Kier alpha value is -2.70. The number of anilines is 1. The molecule has 2 aromatic heterocycles. The van der Waals surface area contributed by atoms with Crippen LogP contribution in [0, 0.1) is 0 Å². The van der Waals surface area contributed by atoms with E-state index in [2.05, 4.69) is 4.98 Å². The van der Waals surface area contributed by atoms with Gasteiger partial charge in [-0.05, 0) is 32.9 Å². The standard InChI is InChI=1S/C14H17N3O4/c1-14(2,3)21-13(20)8-4-5-9(16-12(8)15)17-10(18)6-7-11(17)19/h4-7,18-19H,1-3H3,(H2,15,16). The van der Waals surface area contributed by atoms with Gasteiger partial charge in [0.15, 0.2) is 11.8 Å². The first-order chi connectivity index (χ1) is 9.69. The fourth-order valence-corrected chi connectivity index (χ4v) is 1.74. The van der Waals surface area contributed by atoms with Crippen molar-refractivity contribution >= 4 is 11.8 Å². The van der Waals surface area contributed by atoms with Crippen LogP contribution in [0.25, 0.3) is 5.82 Å². The highest BCUT2D eigenvalue weighted by Crippen LogP contribution is 2.27. The van der Waals surface area contributed by atoms with Gasteiger partial charge in [-0.2, -0.15) is 0 Å². The normalized spacial score (nSPS) is 11.4. The van der Waals surface area contributed by atoms with E-state index >= 15 is 0 Å². The monoisotopic (exact) mass is 291 g/mol. The Bertz CT molecular complexity index is 667. The number of carbonyl (C=O) groups is 1. The molecule has 0 unspecified atom stereocenters. The molecule has 0 aliphatic heterocycles. The molecule has 0 aromatic carbocycles. The van der Waals surface area contributed by atoms with Gasteiger partial charge in [0.1, 0.15) is 22.8 Å². The highest BCUT2D eigenvalue weighted by atomic mass is 16.6.